The number of carbonyl (C=O) groups is 1. The summed E-state index contributed by atoms with van der Waals surface area (Å²) in [5.74, 6) is 0.247. The van der Waals surface area contributed by atoms with Crippen LogP contribution in [0, 0.1) is 5.92 Å². The van der Waals surface area contributed by atoms with E-state index in [0.717, 1.165) is 23.0 Å². The van der Waals surface area contributed by atoms with Crippen molar-refractivity contribution >= 4 is 28.7 Å². The summed E-state index contributed by atoms with van der Waals surface area (Å²) in [4.78, 5) is 18.8. The van der Waals surface area contributed by atoms with Crippen LogP contribution in [0.2, 0.25) is 5.02 Å². The third kappa shape index (κ3) is 5.31. The van der Waals surface area contributed by atoms with Gasteiger partial charge in [0.05, 0.1) is 24.2 Å². The molecule has 3 aromatic rings. The Morgan fingerprint density at radius 3 is 2.65 bits per heavy atom. The van der Waals surface area contributed by atoms with E-state index in [9.17, 15) is 4.79 Å². The summed E-state index contributed by atoms with van der Waals surface area (Å²) < 4.78 is 13.7. The van der Waals surface area contributed by atoms with Gasteiger partial charge in [-0.2, -0.15) is 4.98 Å². The van der Waals surface area contributed by atoms with Crippen molar-refractivity contribution in [2.75, 3.05) is 19.7 Å². The summed E-state index contributed by atoms with van der Waals surface area (Å²) in [6.07, 6.45) is 0.626. The molecule has 1 aliphatic rings. The van der Waals surface area contributed by atoms with Gasteiger partial charge in [0.2, 0.25) is 0 Å². The van der Waals surface area contributed by atoms with Gasteiger partial charge in [-0.25, -0.2) is 4.79 Å². The second-order valence-corrected chi connectivity index (χ2v) is 9.42. The molecule has 4 rings (SSSR count). The second-order valence-electron chi connectivity index (χ2n) is 8.99. The highest BCUT2D eigenvalue weighted by Crippen LogP contribution is 2.25. The Morgan fingerprint density at radius 1 is 1.16 bits per heavy atom. The number of rotatable bonds is 5. The standard InChI is InChI=1S/C24H28ClN3O3/c1-24(2,3)31-23(29)27-13-12-18(14-27)16-30-22-26-20-6-4-5-7-21(20)28(22)15-17-8-10-19(25)11-9-17/h4-11,18H,12-16H2,1-3H3. The molecular weight excluding hydrogens is 414 g/mol. The molecule has 164 valence electrons. The smallest absolute Gasteiger partial charge is 0.410 e. The zero-order chi connectivity index (χ0) is 22.0. The first-order valence-corrected chi connectivity index (χ1v) is 11.0. The van der Waals surface area contributed by atoms with Gasteiger partial charge >= 0.3 is 6.09 Å². The number of halogens is 1. The summed E-state index contributed by atoms with van der Waals surface area (Å²) in [5.41, 5.74) is 2.55. The summed E-state index contributed by atoms with van der Waals surface area (Å²) in [7, 11) is 0. The molecule has 0 spiro atoms. The average Bonchev–Trinajstić information content (AvgIpc) is 3.32. The van der Waals surface area contributed by atoms with Crippen LogP contribution in [0.3, 0.4) is 0 Å². The molecule has 6 nitrogen and oxygen atoms in total. The van der Waals surface area contributed by atoms with Crippen molar-refractivity contribution in [3.05, 3.63) is 59.1 Å². The first kappa shape index (κ1) is 21.5. The highest BCUT2D eigenvalue weighted by atomic mass is 35.5. The van der Waals surface area contributed by atoms with Crippen LogP contribution in [-0.4, -0.2) is 45.8 Å². The lowest BCUT2D eigenvalue weighted by atomic mass is 10.1. The predicted octanol–water partition coefficient (Wildman–Crippen LogP) is 5.37. The quantitative estimate of drug-likeness (QED) is 0.533. The zero-order valence-electron chi connectivity index (χ0n) is 18.2. The molecule has 1 unspecified atom stereocenters. The van der Waals surface area contributed by atoms with Crippen LogP contribution in [0.1, 0.15) is 32.8 Å². The molecule has 0 radical (unpaired) electrons. The number of benzene rings is 2. The first-order valence-electron chi connectivity index (χ1n) is 10.6. The van der Waals surface area contributed by atoms with Crippen LogP contribution in [0.25, 0.3) is 11.0 Å². The molecule has 31 heavy (non-hydrogen) atoms. The van der Waals surface area contributed by atoms with Gasteiger partial charge in [-0.1, -0.05) is 35.9 Å². The van der Waals surface area contributed by atoms with Crippen molar-refractivity contribution in [2.45, 2.75) is 39.3 Å². The summed E-state index contributed by atoms with van der Waals surface area (Å²) in [6, 6.07) is 16.4. The second kappa shape index (κ2) is 8.79. The molecule has 1 aromatic heterocycles. The maximum atomic E-state index is 12.3. The van der Waals surface area contributed by atoms with Crippen LogP contribution in [0.4, 0.5) is 4.79 Å². The number of imidazole rings is 1. The van der Waals surface area contributed by atoms with Crippen LogP contribution >= 0.6 is 11.6 Å². The molecule has 1 saturated heterocycles. The van der Waals surface area contributed by atoms with E-state index < -0.39 is 5.60 Å². The number of hydrogen-bond acceptors (Lipinski definition) is 4. The van der Waals surface area contributed by atoms with Gasteiger partial charge in [-0.05, 0) is 57.0 Å². The number of ether oxygens (including phenoxy) is 2. The van der Waals surface area contributed by atoms with Gasteiger partial charge in [-0.3, -0.25) is 4.57 Å². The molecule has 2 aromatic carbocycles. The molecule has 1 fully saturated rings. The Morgan fingerprint density at radius 2 is 1.90 bits per heavy atom. The minimum absolute atomic E-state index is 0.247. The van der Waals surface area contributed by atoms with Gasteiger partial charge in [0.25, 0.3) is 6.01 Å². The van der Waals surface area contributed by atoms with E-state index in [4.69, 9.17) is 26.1 Å². The van der Waals surface area contributed by atoms with E-state index in [1.54, 1.807) is 4.90 Å². The fourth-order valence-electron chi connectivity index (χ4n) is 3.74. The molecule has 0 aliphatic carbocycles. The Labute approximate surface area is 187 Å². The molecule has 0 saturated carbocycles. The fourth-order valence-corrected chi connectivity index (χ4v) is 3.87. The van der Waals surface area contributed by atoms with Crippen molar-refractivity contribution in [3.63, 3.8) is 0 Å². The lowest BCUT2D eigenvalue weighted by molar-refractivity contribution is 0.0284. The maximum Gasteiger partial charge on any atom is 0.410 e. The SMILES string of the molecule is CC(C)(C)OC(=O)N1CCC(COc2nc3ccccc3n2Cc2ccc(Cl)cc2)C1. The van der Waals surface area contributed by atoms with E-state index in [1.165, 1.54) is 0 Å². The Hall–Kier alpha value is -2.73. The lowest BCUT2D eigenvalue weighted by Gasteiger charge is -2.24. The average molecular weight is 442 g/mol. The van der Waals surface area contributed by atoms with Gasteiger partial charge in [0.1, 0.15) is 5.60 Å². The van der Waals surface area contributed by atoms with Crippen molar-refractivity contribution in [3.8, 4) is 6.01 Å². The molecule has 7 heteroatoms. The number of fused-ring (bicyclic) bond motifs is 1. The molecule has 1 aliphatic heterocycles. The third-order valence-electron chi connectivity index (χ3n) is 5.26. The van der Waals surface area contributed by atoms with Crippen LogP contribution in [0.5, 0.6) is 6.01 Å². The van der Waals surface area contributed by atoms with Crippen molar-refractivity contribution in [1.82, 2.24) is 14.5 Å². The van der Waals surface area contributed by atoms with Crippen molar-refractivity contribution in [1.29, 1.82) is 0 Å². The normalized spacial score (nSPS) is 16.6. The van der Waals surface area contributed by atoms with Gasteiger partial charge < -0.3 is 14.4 Å². The summed E-state index contributed by atoms with van der Waals surface area (Å²) in [6.45, 7) is 8.10. The van der Waals surface area contributed by atoms with E-state index in [2.05, 4.69) is 4.57 Å². The summed E-state index contributed by atoms with van der Waals surface area (Å²) >= 11 is 6.03. The van der Waals surface area contributed by atoms with Crippen LogP contribution in [0.15, 0.2) is 48.5 Å². The highest BCUT2D eigenvalue weighted by molar-refractivity contribution is 6.30. The zero-order valence-corrected chi connectivity index (χ0v) is 18.9. The molecule has 2 heterocycles. The number of aromatic nitrogens is 2. The maximum absolute atomic E-state index is 12.3. The number of nitrogens with zero attached hydrogens (tertiary/aromatic N) is 3. The minimum atomic E-state index is -0.488. The monoisotopic (exact) mass is 441 g/mol. The number of likely N-dealkylation sites (tertiary alicyclic amines) is 1. The predicted molar refractivity (Wildman–Crippen MR) is 122 cm³/mol. The number of para-hydroxylation sites is 2. The van der Waals surface area contributed by atoms with Gasteiger partial charge in [-0.15, -0.1) is 0 Å². The van der Waals surface area contributed by atoms with Gasteiger partial charge in [0.15, 0.2) is 0 Å². The lowest BCUT2D eigenvalue weighted by Crippen LogP contribution is -2.35. The topological polar surface area (TPSA) is 56.6 Å². The molecular formula is C24H28ClN3O3. The fraction of sp³-hybridized carbons (Fsp3) is 0.417. The Bertz CT molecular complexity index is 1060. The van der Waals surface area contributed by atoms with Crippen LogP contribution < -0.4 is 4.74 Å². The van der Waals surface area contributed by atoms with E-state index in [1.807, 2.05) is 69.3 Å². The summed E-state index contributed by atoms with van der Waals surface area (Å²) in [5, 5.41) is 0.714. The third-order valence-corrected chi connectivity index (χ3v) is 5.51. The molecule has 0 N–H and O–H groups in total. The van der Waals surface area contributed by atoms with Crippen LogP contribution in [-0.2, 0) is 11.3 Å². The molecule has 1 amide bonds. The van der Waals surface area contributed by atoms with Crippen molar-refractivity contribution < 1.29 is 14.3 Å². The Balaban J connectivity index is 1.45. The van der Waals surface area contributed by atoms with Crippen molar-refractivity contribution in [2.24, 2.45) is 5.92 Å². The molecule has 1 atom stereocenters. The Kier molecular flexibility index (Phi) is 6.10. The molecule has 0 bridgehead atoms. The van der Waals surface area contributed by atoms with E-state index >= 15 is 0 Å². The van der Waals surface area contributed by atoms with E-state index in [-0.39, 0.29) is 12.0 Å². The van der Waals surface area contributed by atoms with E-state index in [0.29, 0.717) is 37.3 Å². The number of hydrogen-bond donors (Lipinski definition) is 0. The largest absolute Gasteiger partial charge is 0.464 e. The number of carbonyl (C=O) groups excluding carboxylic acids is 1. The first-order chi connectivity index (χ1) is 14.8. The van der Waals surface area contributed by atoms with Gasteiger partial charge in [0, 0.05) is 24.0 Å². The number of amides is 1. The highest BCUT2D eigenvalue weighted by Gasteiger charge is 2.30. The minimum Gasteiger partial charge on any atom is -0.464 e.